The van der Waals surface area contributed by atoms with Gasteiger partial charge in [-0.15, -0.1) is 0 Å². The number of aromatic nitrogens is 1. The van der Waals surface area contributed by atoms with Crippen molar-refractivity contribution in [3.05, 3.63) is 70.4 Å². The van der Waals surface area contributed by atoms with Crippen LogP contribution in [0.3, 0.4) is 0 Å². The minimum Gasteiger partial charge on any atom is -0.361 e. The smallest absolute Gasteiger partial charge is 0.273 e. The van der Waals surface area contributed by atoms with Crippen LogP contribution in [0.1, 0.15) is 32.8 Å². The van der Waals surface area contributed by atoms with Crippen molar-refractivity contribution in [2.24, 2.45) is 5.92 Å². The number of nitro groups is 1. The average Bonchev–Trinajstić information content (AvgIpc) is 3.09. The molecule has 3 rings (SSSR count). The maximum Gasteiger partial charge on any atom is 0.273 e. The second kappa shape index (κ2) is 8.25. The molecule has 0 radical (unpaired) electrons. The number of fused-ring (bicyclic) bond motifs is 1. The van der Waals surface area contributed by atoms with Crippen LogP contribution in [0.5, 0.6) is 0 Å². The second-order valence-electron chi connectivity index (χ2n) is 7.55. The number of hydrogen-bond acceptors (Lipinski definition) is 3. The van der Waals surface area contributed by atoms with Crippen molar-refractivity contribution in [1.29, 1.82) is 0 Å². The summed E-state index contributed by atoms with van der Waals surface area (Å²) in [6.07, 6.45) is 2.70. The number of rotatable bonds is 7. The number of carbonyl (C=O) groups excluding carboxylic acids is 1. The lowest BCUT2D eigenvalue weighted by Crippen LogP contribution is -2.40. The molecule has 0 saturated heterocycles. The molecule has 1 unspecified atom stereocenters. The predicted octanol–water partition coefficient (Wildman–Crippen LogP) is 5.09. The van der Waals surface area contributed by atoms with E-state index in [0.29, 0.717) is 11.5 Å². The van der Waals surface area contributed by atoms with Crippen LogP contribution in [0.15, 0.2) is 54.7 Å². The van der Waals surface area contributed by atoms with Gasteiger partial charge in [0.2, 0.25) is 5.91 Å². The molecular formula is C22H25N3O3. The van der Waals surface area contributed by atoms with Crippen molar-refractivity contribution in [1.82, 2.24) is 4.98 Å². The number of anilines is 1. The molecule has 0 aliphatic carbocycles. The molecule has 1 heterocycles. The fraction of sp³-hybridized carbons (Fsp3) is 0.318. The van der Waals surface area contributed by atoms with E-state index in [1.807, 2.05) is 37.4 Å². The van der Waals surface area contributed by atoms with Gasteiger partial charge in [0.05, 0.1) is 11.3 Å². The number of nitrogens with zero attached hydrogens (tertiary/aromatic N) is 2. The molecule has 0 saturated carbocycles. The molecule has 0 bridgehead atoms. The van der Waals surface area contributed by atoms with Crippen molar-refractivity contribution < 1.29 is 9.72 Å². The van der Waals surface area contributed by atoms with E-state index in [1.165, 1.54) is 6.07 Å². The maximum absolute atomic E-state index is 13.3. The number of nitro benzene ring substituents is 1. The van der Waals surface area contributed by atoms with Gasteiger partial charge in [-0.1, -0.05) is 32.0 Å². The monoisotopic (exact) mass is 379 g/mol. The molecule has 2 aromatic carbocycles. The van der Waals surface area contributed by atoms with Crippen molar-refractivity contribution in [2.75, 3.05) is 4.90 Å². The van der Waals surface area contributed by atoms with Crippen LogP contribution in [0, 0.1) is 16.0 Å². The largest absolute Gasteiger partial charge is 0.361 e. The normalized spacial score (nSPS) is 12.3. The van der Waals surface area contributed by atoms with Gasteiger partial charge in [-0.25, -0.2) is 0 Å². The molecular weight excluding hydrogens is 354 g/mol. The van der Waals surface area contributed by atoms with Crippen molar-refractivity contribution in [3.63, 3.8) is 0 Å². The molecule has 0 aliphatic rings. The first-order valence-electron chi connectivity index (χ1n) is 9.48. The predicted molar refractivity (Wildman–Crippen MR) is 112 cm³/mol. The molecule has 0 fully saturated rings. The molecule has 1 N–H and O–H groups in total. The second-order valence-corrected chi connectivity index (χ2v) is 7.55. The topological polar surface area (TPSA) is 79.2 Å². The number of H-pyrrole nitrogens is 1. The van der Waals surface area contributed by atoms with E-state index in [0.717, 1.165) is 23.0 Å². The summed E-state index contributed by atoms with van der Waals surface area (Å²) < 4.78 is 0. The van der Waals surface area contributed by atoms with Crippen molar-refractivity contribution in [2.45, 2.75) is 39.7 Å². The van der Waals surface area contributed by atoms with Gasteiger partial charge in [-0.3, -0.25) is 14.9 Å². The fourth-order valence-electron chi connectivity index (χ4n) is 3.71. The minimum atomic E-state index is -0.434. The molecule has 6 heteroatoms. The molecule has 1 aromatic heterocycles. The van der Waals surface area contributed by atoms with Gasteiger partial charge in [0.25, 0.3) is 5.69 Å². The Labute approximate surface area is 164 Å². The Kier molecular flexibility index (Phi) is 5.78. The summed E-state index contributed by atoms with van der Waals surface area (Å²) in [5.74, 6) is 0.282. The molecule has 6 nitrogen and oxygen atoms in total. The molecule has 3 aromatic rings. The number of carbonyl (C=O) groups is 1. The molecule has 1 amide bonds. The minimum absolute atomic E-state index is 0.00916. The summed E-state index contributed by atoms with van der Waals surface area (Å²) >= 11 is 0. The first-order chi connectivity index (χ1) is 13.4. The molecule has 146 valence electrons. The first-order valence-corrected chi connectivity index (χ1v) is 9.48. The SMILES string of the molecule is CC(C)CC(C)N(C(=O)Cc1ccccc1[N+](=O)[O-])c1ccc2[nH]ccc2c1. The van der Waals surface area contributed by atoms with Gasteiger partial charge in [0, 0.05) is 40.5 Å². The van der Waals surface area contributed by atoms with Crippen LogP contribution in [0.2, 0.25) is 0 Å². The van der Waals surface area contributed by atoms with E-state index in [4.69, 9.17) is 0 Å². The average molecular weight is 379 g/mol. The van der Waals surface area contributed by atoms with Gasteiger partial charge >= 0.3 is 0 Å². The molecule has 0 spiro atoms. The Morgan fingerprint density at radius 3 is 2.61 bits per heavy atom. The number of nitrogens with one attached hydrogen (secondary N) is 1. The number of hydrogen-bond donors (Lipinski definition) is 1. The summed E-state index contributed by atoms with van der Waals surface area (Å²) in [5.41, 5.74) is 2.23. The number of aromatic amines is 1. The van der Waals surface area contributed by atoms with E-state index in [9.17, 15) is 14.9 Å². The van der Waals surface area contributed by atoms with Crippen LogP contribution >= 0.6 is 0 Å². The molecule has 28 heavy (non-hydrogen) atoms. The summed E-state index contributed by atoms with van der Waals surface area (Å²) in [6, 6.07) is 14.2. The van der Waals surface area contributed by atoms with Crippen LogP contribution in [-0.2, 0) is 11.2 Å². The lowest BCUT2D eigenvalue weighted by Gasteiger charge is -2.31. The summed E-state index contributed by atoms with van der Waals surface area (Å²) in [7, 11) is 0. The number of para-hydroxylation sites is 1. The highest BCUT2D eigenvalue weighted by atomic mass is 16.6. The zero-order chi connectivity index (χ0) is 20.3. The quantitative estimate of drug-likeness (QED) is 0.459. The van der Waals surface area contributed by atoms with Crippen molar-refractivity contribution in [3.8, 4) is 0 Å². The summed E-state index contributed by atoms with van der Waals surface area (Å²) in [6.45, 7) is 6.27. The van der Waals surface area contributed by atoms with Crippen LogP contribution in [0.25, 0.3) is 10.9 Å². The number of amides is 1. The van der Waals surface area contributed by atoms with E-state index in [1.54, 1.807) is 23.1 Å². The fourth-order valence-corrected chi connectivity index (χ4v) is 3.71. The third-order valence-corrected chi connectivity index (χ3v) is 4.87. The van der Waals surface area contributed by atoms with Gasteiger partial charge in [0.1, 0.15) is 0 Å². The van der Waals surface area contributed by atoms with E-state index in [2.05, 4.69) is 18.8 Å². The van der Waals surface area contributed by atoms with Gasteiger partial charge in [0.15, 0.2) is 0 Å². The Hall–Kier alpha value is -3.15. The zero-order valence-electron chi connectivity index (χ0n) is 16.4. The molecule has 0 aliphatic heterocycles. The Balaban J connectivity index is 1.96. The third kappa shape index (κ3) is 4.22. The Morgan fingerprint density at radius 2 is 1.89 bits per heavy atom. The standard InChI is InChI=1S/C22H25N3O3/c1-15(2)12-16(3)24(19-8-9-20-17(13-19)10-11-23-20)22(26)14-18-6-4-5-7-21(18)25(27)28/h4-11,13,15-16,23H,12,14H2,1-3H3. The highest BCUT2D eigenvalue weighted by Gasteiger charge is 2.25. The van der Waals surface area contributed by atoms with Crippen molar-refractivity contribution >= 4 is 28.2 Å². The van der Waals surface area contributed by atoms with E-state index < -0.39 is 4.92 Å². The van der Waals surface area contributed by atoms with Crippen LogP contribution in [0.4, 0.5) is 11.4 Å². The molecule has 1 atom stereocenters. The first kappa shape index (κ1) is 19.6. The summed E-state index contributed by atoms with van der Waals surface area (Å²) in [5, 5.41) is 12.3. The maximum atomic E-state index is 13.3. The van der Waals surface area contributed by atoms with Crippen LogP contribution in [-0.4, -0.2) is 21.9 Å². The lowest BCUT2D eigenvalue weighted by molar-refractivity contribution is -0.385. The van der Waals surface area contributed by atoms with Gasteiger partial charge in [-0.2, -0.15) is 0 Å². The van der Waals surface area contributed by atoms with Crippen LogP contribution < -0.4 is 4.90 Å². The lowest BCUT2D eigenvalue weighted by atomic mass is 10.0. The van der Waals surface area contributed by atoms with E-state index in [-0.39, 0.29) is 24.1 Å². The Bertz CT molecular complexity index is 993. The van der Waals surface area contributed by atoms with E-state index >= 15 is 0 Å². The zero-order valence-corrected chi connectivity index (χ0v) is 16.4. The highest BCUT2D eigenvalue weighted by Crippen LogP contribution is 2.27. The summed E-state index contributed by atoms with van der Waals surface area (Å²) in [4.78, 5) is 29.1. The third-order valence-electron chi connectivity index (χ3n) is 4.87. The highest BCUT2D eigenvalue weighted by molar-refractivity contribution is 5.97. The van der Waals surface area contributed by atoms with Gasteiger partial charge < -0.3 is 9.88 Å². The Morgan fingerprint density at radius 1 is 1.14 bits per heavy atom. The van der Waals surface area contributed by atoms with Gasteiger partial charge in [-0.05, 0) is 43.5 Å². The number of benzene rings is 2.